The lowest BCUT2D eigenvalue weighted by atomic mass is 10.1. The highest BCUT2D eigenvalue weighted by Gasteiger charge is 2.19. The Hall–Kier alpha value is -4.51. The molecule has 0 amide bonds. The van der Waals surface area contributed by atoms with Crippen LogP contribution in [0.25, 0.3) is 55.4 Å². The van der Waals surface area contributed by atoms with E-state index in [0.29, 0.717) is 0 Å². The van der Waals surface area contributed by atoms with Gasteiger partial charge in [-0.25, -0.2) is 15.0 Å². The number of nitrogens with zero attached hydrogens (tertiary/aromatic N) is 5. The topological polar surface area (TPSA) is 48.5 Å². The molecule has 0 fully saturated rings. The van der Waals surface area contributed by atoms with Gasteiger partial charge >= 0.3 is 0 Å². The van der Waals surface area contributed by atoms with Crippen molar-refractivity contribution in [1.82, 2.24) is 24.1 Å². The molecule has 0 radical (unpaired) electrons. The Morgan fingerprint density at radius 2 is 1.19 bits per heavy atom. The molecule has 7 aromatic rings. The fourth-order valence-corrected chi connectivity index (χ4v) is 4.74. The third-order valence-electron chi connectivity index (χ3n) is 6.09. The van der Waals surface area contributed by atoms with Gasteiger partial charge in [0.2, 0.25) is 0 Å². The first-order valence-electron chi connectivity index (χ1n) is 10.6. The zero-order valence-corrected chi connectivity index (χ0v) is 17.1. The largest absolute Gasteiger partial charge is 0.294 e. The Labute approximate surface area is 183 Å². The minimum atomic E-state index is 0.806. The maximum atomic E-state index is 5.27. The molecule has 0 bridgehead atoms. The SMILES string of the molecule is c1ccc(-n2c3ccccc3c3cc4c5ccccc5n(-c5ccncn5)c4nc32)cc1. The quantitative estimate of drug-likeness (QED) is 0.347. The minimum Gasteiger partial charge on any atom is -0.294 e. The van der Waals surface area contributed by atoms with Crippen molar-refractivity contribution < 1.29 is 0 Å². The summed E-state index contributed by atoms with van der Waals surface area (Å²) in [6, 6.07) is 31.5. The third-order valence-corrected chi connectivity index (χ3v) is 6.09. The smallest absolute Gasteiger partial charge is 0.149 e. The standard InChI is InChI=1S/C27H17N5/c1-2-8-18(9-3-1)31-23-12-6-4-10-19(23)21-16-22-20-11-5-7-13-24(20)32(27(22)30-26(21)31)25-14-15-28-17-29-25/h1-17H. The number of aromatic nitrogens is 5. The van der Waals surface area contributed by atoms with Crippen molar-refractivity contribution in [1.29, 1.82) is 0 Å². The molecule has 0 saturated heterocycles. The number of para-hydroxylation sites is 3. The zero-order valence-electron chi connectivity index (χ0n) is 17.1. The number of hydrogen-bond donors (Lipinski definition) is 0. The van der Waals surface area contributed by atoms with Crippen LogP contribution in [0.4, 0.5) is 0 Å². The number of benzene rings is 3. The van der Waals surface area contributed by atoms with Crippen LogP contribution in [0.2, 0.25) is 0 Å². The van der Waals surface area contributed by atoms with Crippen LogP contribution in [0, 0.1) is 0 Å². The predicted octanol–water partition coefficient (Wildman–Crippen LogP) is 6.07. The van der Waals surface area contributed by atoms with Gasteiger partial charge in [0.1, 0.15) is 23.4 Å². The highest BCUT2D eigenvalue weighted by atomic mass is 15.1. The molecule has 7 rings (SSSR count). The van der Waals surface area contributed by atoms with E-state index in [9.17, 15) is 0 Å². The summed E-state index contributed by atoms with van der Waals surface area (Å²) in [7, 11) is 0. The van der Waals surface area contributed by atoms with Gasteiger partial charge in [0.25, 0.3) is 0 Å². The van der Waals surface area contributed by atoms with E-state index in [0.717, 1.165) is 50.0 Å². The molecule has 4 aromatic heterocycles. The van der Waals surface area contributed by atoms with Gasteiger partial charge in [-0.15, -0.1) is 0 Å². The Bertz CT molecular complexity index is 1630. The van der Waals surface area contributed by atoms with E-state index in [2.05, 4.69) is 98.0 Å². The summed E-state index contributed by atoms with van der Waals surface area (Å²) in [5.74, 6) is 0.806. The summed E-state index contributed by atoms with van der Waals surface area (Å²) in [5.41, 5.74) is 5.14. The van der Waals surface area contributed by atoms with Crippen LogP contribution in [0.1, 0.15) is 0 Å². The van der Waals surface area contributed by atoms with Crippen molar-refractivity contribution in [3.8, 4) is 11.5 Å². The van der Waals surface area contributed by atoms with Crippen molar-refractivity contribution >= 4 is 43.9 Å². The number of rotatable bonds is 2. The Morgan fingerprint density at radius 3 is 1.88 bits per heavy atom. The summed E-state index contributed by atoms with van der Waals surface area (Å²) >= 11 is 0. The van der Waals surface area contributed by atoms with Crippen molar-refractivity contribution in [2.75, 3.05) is 0 Å². The summed E-state index contributed by atoms with van der Waals surface area (Å²) in [6.07, 6.45) is 3.35. The van der Waals surface area contributed by atoms with E-state index in [1.807, 2.05) is 12.1 Å². The average Bonchev–Trinajstić information content (AvgIpc) is 3.36. The third kappa shape index (κ3) is 2.30. The molecule has 5 heteroatoms. The molecule has 0 N–H and O–H groups in total. The van der Waals surface area contributed by atoms with E-state index < -0.39 is 0 Å². The van der Waals surface area contributed by atoms with Gasteiger partial charge in [-0.05, 0) is 36.4 Å². The molecule has 0 atom stereocenters. The van der Waals surface area contributed by atoms with E-state index in [4.69, 9.17) is 4.98 Å². The van der Waals surface area contributed by atoms with Crippen LogP contribution in [0.5, 0.6) is 0 Å². The normalized spacial score (nSPS) is 11.8. The lowest BCUT2D eigenvalue weighted by Crippen LogP contribution is -2.00. The first-order chi connectivity index (χ1) is 15.9. The Kier molecular flexibility index (Phi) is 3.49. The monoisotopic (exact) mass is 411 g/mol. The van der Waals surface area contributed by atoms with Gasteiger partial charge in [0.05, 0.1) is 11.0 Å². The van der Waals surface area contributed by atoms with E-state index in [1.54, 1.807) is 12.5 Å². The van der Waals surface area contributed by atoms with Crippen LogP contribution in [-0.4, -0.2) is 24.1 Å². The lowest BCUT2D eigenvalue weighted by Gasteiger charge is -2.08. The fraction of sp³-hybridized carbons (Fsp3) is 0. The molecule has 4 heterocycles. The number of hydrogen-bond acceptors (Lipinski definition) is 3. The molecule has 0 saturated carbocycles. The van der Waals surface area contributed by atoms with E-state index in [-0.39, 0.29) is 0 Å². The highest BCUT2D eigenvalue weighted by Crippen LogP contribution is 2.37. The average molecular weight is 411 g/mol. The molecule has 5 nitrogen and oxygen atoms in total. The molecular weight excluding hydrogens is 394 g/mol. The molecule has 0 spiro atoms. The van der Waals surface area contributed by atoms with Crippen LogP contribution in [0.15, 0.2) is 104 Å². The van der Waals surface area contributed by atoms with Gasteiger partial charge < -0.3 is 0 Å². The van der Waals surface area contributed by atoms with Crippen molar-refractivity contribution in [3.05, 3.63) is 104 Å². The maximum Gasteiger partial charge on any atom is 0.149 e. The maximum absolute atomic E-state index is 5.27. The summed E-state index contributed by atoms with van der Waals surface area (Å²) in [5, 5.41) is 4.61. The second-order valence-electron chi connectivity index (χ2n) is 7.84. The minimum absolute atomic E-state index is 0.806. The van der Waals surface area contributed by atoms with E-state index >= 15 is 0 Å². The summed E-state index contributed by atoms with van der Waals surface area (Å²) in [6.45, 7) is 0. The predicted molar refractivity (Wildman–Crippen MR) is 129 cm³/mol. The van der Waals surface area contributed by atoms with Crippen molar-refractivity contribution in [2.45, 2.75) is 0 Å². The van der Waals surface area contributed by atoms with E-state index in [1.165, 1.54) is 5.39 Å². The van der Waals surface area contributed by atoms with Crippen LogP contribution in [0.3, 0.4) is 0 Å². The summed E-state index contributed by atoms with van der Waals surface area (Å²) < 4.78 is 4.37. The molecule has 0 unspecified atom stereocenters. The first kappa shape index (κ1) is 17.2. The lowest BCUT2D eigenvalue weighted by molar-refractivity contribution is 1.02. The fourth-order valence-electron chi connectivity index (χ4n) is 4.74. The van der Waals surface area contributed by atoms with Crippen LogP contribution in [-0.2, 0) is 0 Å². The van der Waals surface area contributed by atoms with Gasteiger partial charge in [0.15, 0.2) is 0 Å². The molecule has 0 aliphatic carbocycles. The highest BCUT2D eigenvalue weighted by molar-refractivity contribution is 6.16. The zero-order chi connectivity index (χ0) is 21.1. The molecule has 32 heavy (non-hydrogen) atoms. The Balaban J connectivity index is 1.71. The molecular formula is C27H17N5. The van der Waals surface area contributed by atoms with Gasteiger partial charge in [0, 0.05) is 33.4 Å². The van der Waals surface area contributed by atoms with Gasteiger partial charge in [-0.2, -0.15) is 0 Å². The van der Waals surface area contributed by atoms with Crippen LogP contribution < -0.4 is 0 Å². The molecule has 0 aliphatic rings. The second-order valence-corrected chi connectivity index (χ2v) is 7.84. The van der Waals surface area contributed by atoms with Gasteiger partial charge in [-0.1, -0.05) is 54.6 Å². The number of fused-ring (bicyclic) bond motifs is 6. The molecule has 3 aromatic carbocycles. The van der Waals surface area contributed by atoms with Gasteiger partial charge in [-0.3, -0.25) is 9.13 Å². The molecule has 0 aliphatic heterocycles. The van der Waals surface area contributed by atoms with Crippen LogP contribution >= 0.6 is 0 Å². The number of pyridine rings is 1. The summed E-state index contributed by atoms with van der Waals surface area (Å²) in [4.78, 5) is 13.9. The first-order valence-corrected chi connectivity index (χ1v) is 10.6. The van der Waals surface area contributed by atoms with Crippen molar-refractivity contribution in [2.24, 2.45) is 0 Å². The second kappa shape index (κ2) is 6.49. The Morgan fingerprint density at radius 1 is 0.562 bits per heavy atom. The van der Waals surface area contributed by atoms with Crippen molar-refractivity contribution in [3.63, 3.8) is 0 Å². The molecule has 150 valence electrons.